The third kappa shape index (κ3) is 14.7. The molecule has 0 aromatic carbocycles. The molecule has 0 bridgehead atoms. The SMILES string of the molecule is [B]C1CC(CC(C)C)C(OP(C)(=O)OC(C)C)CC1O.[B]C1CC(O)C(OP(C)(=O)OC(C)C)C(CC(C)C)C1. The second-order valence-corrected chi connectivity index (χ2v) is 17.3. The first-order valence-corrected chi connectivity index (χ1v) is 18.9. The van der Waals surface area contributed by atoms with Crippen molar-refractivity contribution < 1.29 is 37.4 Å². The molecule has 0 saturated heterocycles. The summed E-state index contributed by atoms with van der Waals surface area (Å²) in [6.45, 7) is 18.8. The zero-order valence-electron chi connectivity index (χ0n) is 26.6. The zero-order chi connectivity index (χ0) is 31.0. The Morgan fingerprint density at radius 3 is 1.65 bits per heavy atom. The van der Waals surface area contributed by atoms with E-state index < -0.39 is 33.5 Å². The van der Waals surface area contributed by atoms with E-state index in [2.05, 4.69) is 27.7 Å². The molecule has 8 nitrogen and oxygen atoms in total. The van der Waals surface area contributed by atoms with Gasteiger partial charge in [-0.2, -0.15) is 0 Å². The van der Waals surface area contributed by atoms with Gasteiger partial charge in [-0.25, -0.2) is 0 Å². The topological polar surface area (TPSA) is 112 Å². The minimum atomic E-state index is -3.16. The molecule has 12 heteroatoms. The lowest BCUT2D eigenvalue weighted by molar-refractivity contribution is -0.0422. The van der Waals surface area contributed by atoms with Crippen molar-refractivity contribution in [3.05, 3.63) is 0 Å². The van der Waals surface area contributed by atoms with Crippen molar-refractivity contribution in [2.24, 2.45) is 23.7 Å². The standard InChI is InChI=1S/2C14H28BO4P/c1-9(2)6-11-7-12(15)13(16)8-14(11)19-20(5,17)18-10(3)4;1-9(2)6-11-7-12(15)8-13(16)14(11)19-20(5,17)18-10(3)4/h2*9-14,16H,6-8H2,1-5H3. The van der Waals surface area contributed by atoms with Gasteiger partial charge in [-0.15, -0.1) is 0 Å². The van der Waals surface area contributed by atoms with Crippen LogP contribution in [-0.2, 0) is 27.2 Å². The molecule has 232 valence electrons. The van der Waals surface area contributed by atoms with Crippen LogP contribution < -0.4 is 0 Å². The van der Waals surface area contributed by atoms with E-state index in [9.17, 15) is 19.3 Å². The monoisotopic (exact) mass is 604 g/mol. The number of aliphatic hydroxyl groups is 2. The molecule has 10 atom stereocenters. The van der Waals surface area contributed by atoms with Gasteiger partial charge in [0, 0.05) is 13.3 Å². The van der Waals surface area contributed by atoms with E-state index in [4.69, 9.17) is 33.8 Å². The Morgan fingerprint density at radius 1 is 0.700 bits per heavy atom. The first-order valence-electron chi connectivity index (χ1n) is 15.0. The molecule has 2 rings (SSSR count). The molecule has 40 heavy (non-hydrogen) atoms. The maximum atomic E-state index is 12.4. The van der Waals surface area contributed by atoms with Crippen LogP contribution in [0, 0.1) is 23.7 Å². The maximum absolute atomic E-state index is 12.4. The highest BCUT2D eigenvalue weighted by molar-refractivity contribution is 7.53. The third-order valence-electron chi connectivity index (χ3n) is 7.06. The molecular weight excluding hydrogens is 548 g/mol. The average molecular weight is 604 g/mol. The molecule has 2 aliphatic rings. The smallest absolute Gasteiger partial charge is 0.328 e. The van der Waals surface area contributed by atoms with Gasteiger partial charge in [0.2, 0.25) is 0 Å². The summed E-state index contributed by atoms with van der Waals surface area (Å²) in [5, 5.41) is 20.2. The van der Waals surface area contributed by atoms with Crippen LogP contribution in [0.5, 0.6) is 0 Å². The van der Waals surface area contributed by atoms with Crippen LogP contribution in [0.3, 0.4) is 0 Å². The maximum Gasteiger partial charge on any atom is 0.328 e. The number of rotatable bonds is 12. The lowest BCUT2D eigenvalue weighted by Crippen LogP contribution is -2.41. The Morgan fingerprint density at radius 2 is 1.18 bits per heavy atom. The van der Waals surface area contributed by atoms with Crippen LogP contribution in [0.15, 0.2) is 0 Å². The van der Waals surface area contributed by atoms with E-state index >= 15 is 0 Å². The number of hydrogen-bond acceptors (Lipinski definition) is 8. The Labute approximate surface area is 247 Å². The number of aliphatic hydroxyl groups excluding tert-OH is 2. The van der Waals surface area contributed by atoms with E-state index in [1.54, 1.807) is 0 Å². The molecule has 0 aromatic rings. The molecule has 2 aliphatic carbocycles. The summed E-state index contributed by atoms with van der Waals surface area (Å²) < 4.78 is 46.9. The fourth-order valence-electron chi connectivity index (χ4n) is 5.90. The van der Waals surface area contributed by atoms with Crippen LogP contribution in [0.2, 0.25) is 11.6 Å². The molecular formula is C28H56B2O8P2. The van der Waals surface area contributed by atoms with Crippen LogP contribution in [-0.4, -0.2) is 75.9 Å². The van der Waals surface area contributed by atoms with Crippen molar-refractivity contribution in [3.63, 3.8) is 0 Å². The normalized spacial score (nSPS) is 34.4. The summed E-state index contributed by atoms with van der Waals surface area (Å²) in [4.78, 5) is 0. The van der Waals surface area contributed by atoms with E-state index in [1.165, 1.54) is 13.3 Å². The minimum Gasteiger partial charge on any atom is -0.394 e. The molecule has 0 amide bonds. The molecule has 0 aliphatic heterocycles. The first kappa shape index (κ1) is 38.4. The first-order chi connectivity index (χ1) is 18.2. The van der Waals surface area contributed by atoms with Crippen LogP contribution in [0.1, 0.15) is 93.9 Å². The molecule has 0 heterocycles. The molecule has 2 fully saturated rings. The second-order valence-electron chi connectivity index (χ2n) is 13.3. The summed E-state index contributed by atoms with van der Waals surface area (Å²) in [6, 6.07) is 0. The average Bonchev–Trinajstić information content (AvgIpc) is 2.72. The Bertz CT molecular complexity index is 826. The third-order valence-corrected chi connectivity index (χ3v) is 9.94. The number of hydrogen-bond donors (Lipinski definition) is 2. The highest BCUT2D eigenvalue weighted by Crippen LogP contribution is 2.52. The van der Waals surface area contributed by atoms with E-state index in [0.717, 1.165) is 19.3 Å². The molecule has 0 aromatic heterocycles. The lowest BCUT2D eigenvalue weighted by Gasteiger charge is -2.40. The van der Waals surface area contributed by atoms with Crippen LogP contribution >= 0.6 is 15.2 Å². The van der Waals surface area contributed by atoms with Crippen molar-refractivity contribution >= 4 is 30.9 Å². The van der Waals surface area contributed by atoms with E-state index in [1.807, 2.05) is 27.7 Å². The van der Waals surface area contributed by atoms with Crippen LogP contribution in [0.4, 0.5) is 0 Å². The highest BCUT2D eigenvalue weighted by atomic mass is 31.2. The second kappa shape index (κ2) is 17.0. The summed E-state index contributed by atoms with van der Waals surface area (Å²) in [7, 11) is 5.68. The predicted molar refractivity (Wildman–Crippen MR) is 165 cm³/mol. The van der Waals surface area contributed by atoms with Crippen molar-refractivity contribution in [2.45, 2.75) is 142 Å². The lowest BCUT2D eigenvalue weighted by atomic mass is 9.66. The van der Waals surface area contributed by atoms with Gasteiger partial charge in [-0.05, 0) is 77.0 Å². The van der Waals surface area contributed by atoms with Gasteiger partial charge in [-0.1, -0.05) is 52.2 Å². The van der Waals surface area contributed by atoms with Crippen molar-refractivity contribution in [1.29, 1.82) is 0 Å². The van der Waals surface area contributed by atoms with Gasteiger partial charge < -0.3 is 28.3 Å². The summed E-state index contributed by atoms with van der Waals surface area (Å²) in [5.74, 6) is 1.09. The highest BCUT2D eigenvalue weighted by Gasteiger charge is 2.40. The Kier molecular flexibility index (Phi) is 16.3. The van der Waals surface area contributed by atoms with Gasteiger partial charge in [0.05, 0.1) is 52.3 Å². The van der Waals surface area contributed by atoms with Gasteiger partial charge in [0.1, 0.15) is 0 Å². The quantitative estimate of drug-likeness (QED) is 0.185. The summed E-state index contributed by atoms with van der Waals surface area (Å²) >= 11 is 0. The fourth-order valence-corrected chi connectivity index (χ4v) is 9.03. The van der Waals surface area contributed by atoms with Gasteiger partial charge >= 0.3 is 15.2 Å². The summed E-state index contributed by atoms with van der Waals surface area (Å²) in [5.41, 5.74) is 0. The Hall–Kier alpha value is 0.350. The Balaban J connectivity index is 0.000000400. The fraction of sp³-hybridized carbons (Fsp3) is 1.00. The van der Waals surface area contributed by atoms with E-state index in [0.29, 0.717) is 31.1 Å². The van der Waals surface area contributed by atoms with Gasteiger partial charge in [0.25, 0.3) is 0 Å². The van der Waals surface area contributed by atoms with Gasteiger partial charge in [0.15, 0.2) is 0 Å². The zero-order valence-corrected chi connectivity index (χ0v) is 28.4. The van der Waals surface area contributed by atoms with Crippen molar-refractivity contribution in [1.82, 2.24) is 0 Å². The van der Waals surface area contributed by atoms with Gasteiger partial charge in [-0.3, -0.25) is 9.13 Å². The van der Waals surface area contributed by atoms with Crippen molar-refractivity contribution in [2.75, 3.05) is 13.3 Å². The molecule has 2 saturated carbocycles. The van der Waals surface area contributed by atoms with E-state index in [-0.39, 0.29) is 41.8 Å². The largest absolute Gasteiger partial charge is 0.394 e. The molecule has 4 radical (unpaired) electrons. The summed E-state index contributed by atoms with van der Waals surface area (Å²) in [6.07, 6.45) is 1.97. The van der Waals surface area contributed by atoms with Crippen LogP contribution in [0.25, 0.3) is 0 Å². The molecule has 10 unspecified atom stereocenters. The minimum absolute atomic E-state index is 0.0177. The van der Waals surface area contributed by atoms with Crippen molar-refractivity contribution in [3.8, 4) is 0 Å². The molecule has 2 N–H and O–H groups in total. The predicted octanol–water partition coefficient (Wildman–Crippen LogP) is 6.79. The molecule has 0 spiro atoms.